The Labute approximate surface area is 102 Å². The first-order valence-corrected chi connectivity index (χ1v) is 5.49. The minimum atomic E-state index is -0.489. The highest BCUT2D eigenvalue weighted by Gasteiger charge is 2.47. The van der Waals surface area contributed by atoms with Gasteiger partial charge in [0.25, 0.3) is 0 Å². The van der Waals surface area contributed by atoms with E-state index in [9.17, 15) is 0 Å². The van der Waals surface area contributed by atoms with Crippen molar-refractivity contribution in [3.05, 3.63) is 0 Å². The molecule has 6 nitrogen and oxygen atoms in total. The Bertz CT molecular complexity index is 212. The van der Waals surface area contributed by atoms with Crippen molar-refractivity contribution in [1.82, 2.24) is 0 Å². The number of methoxy groups -OCH3 is 5. The fourth-order valence-corrected chi connectivity index (χ4v) is 2.17. The molecule has 1 saturated heterocycles. The van der Waals surface area contributed by atoms with Gasteiger partial charge in [0.2, 0.25) is 0 Å². The molecule has 0 aromatic heterocycles. The zero-order chi connectivity index (χ0) is 12.8. The van der Waals surface area contributed by atoms with Crippen LogP contribution >= 0.6 is 0 Å². The number of ether oxygens (including phenoxy) is 6. The average molecular weight is 250 g/mol. The van der Waals surface area contributed by atoms with Crippen molar-refractivity contribution < 1.29 is 28.4 Å². The lowest BCUT2D eigenvalue weighted by Crippen LogP contribution is -2.61. The van der Waals surface area contributed by atoms with E-state index in [2.05, 4.69) is 0 Å². The monoisotopic (exact) mass is 250 g/mol. The molecule has 1 rings (SSSR count). The molecule has 1 fully saturated rings. The van der Waals surface area contributed by atoms with Crippen LogP contribution in [0.1, 0.15) is 0 Å². The van der Waals surface area contributed by atoms with Crippen LogP contribution in [0.25, 0.3) is 0 Å². The van der Waals surface area contributed by atoms with Gasteiger partial charge in [-0.25, -0.2) is 0 Å². The summed E-state index contributed by atoms with van der Waals surface area (Å²) in [6.45, 7) is 0.411. The Morgan fingerprint density at radius 3 is 1.76 bits per heavy atom. The summed E-state index contributed by atoms with van der Waals surface area (Å²) in [6.07, 6.45) is -1.58. The third kappa shape index (κ3) is 3.15. The summed E-state index contributed by atoms with van der Waals surface area (Å²) in [5, 5.41) is 0. The highest BCUT2D eigenvalue weighted by Crippen LogP contribution is 2.27. The van der Waals surface area contributed by atoms with Crippen LogP contribution in [-0.4, -0.2) is 72.9 Å². The van der Waals surface area contributed by atoms with E-state index in [0.717, 1.165) is 0 Å². The molecule has 1 aliphatic heterocycles. The zero-order valence-electron chi connectivity index (χ0n) is 11.0. The zero-order valence-corrected chi connectivity index (χ0v) is 11.0. The lowest BCUT2D eigenvalue weighted by atomic mass is 9.98. The molecule has 0 amide bonds. The van der Waals surface area contributed by atoms with Gasteiger partial charge in [-0.1, -0.05) is 0 Å². The van der Waals surface area contributed by atoms with Crippen molar-refractivity contribution in [2.24, 2.45) is 0 Å². The molecule has 102 valence electrons. The first-order chi connectivity index (χ1) is 8.23. The fourth-order valence-electron chi connectivity index (χ4n) is 2.17. The highest BCUT2D eigenvalue weighted by atomic mass is 16.7. The molecule has 6 heteroatoms. The maximum absolute atomic E-state index is 5.74. The van der Waals surface area contributed by atoms with Crippen molar-refractivity contribution >= 4 is 0 Å². The minimum absolute atomic E-state index is 0.244. The predicted molar refractivity (Wildman–Crippen MR) is 59.9 cm³/mol. The number of hydrogen-bond acceptors (Lipinski definition) is 6. The van der Waals surface area contributed by atoms with Gasteiger partial charge in [0.05, 0.1) is 6.61 Å². The molecule has 0 bridgehead atoms. The Morgan fingerprint density at radius 1 is 0.765 bits per heavy atom. The van der Waals surface area contributed by atoms with E-state index in [1.807, 2.05) is 0 Å². The summed E-state index contributed by atoms with van der Waals surface area (Å²) in [5.41, 5.74) is 0. The van der Waals surface area contributed by atoms with Crippen LogP contribution in [0.2, 0.25) is 0 Å². The SMILES string of the molecule is COC[C@H]1O[C@@H](OC)[C@H](OC)[C@@H](OC)[C@@H]1OC. The lowest BCUT2D eigenvalue weighted by Gasteiger charge is -2.44. The van der Waals surface area contributed by atoms with Gasteiger partial charge in [-0.2, -0.15) is 0 Å². The van der Waals surface area contributed by atoms with Gasteiger partial charge >= 0.3 is 0 Å². The maximum atomic E-state index is 5.74. The van der Waals surface area contributed by atoms with E-state index in [1.165, 1.54) is 0 Å². The Morgan fingerprint density at radius 2 is 1.35 bits per heavy atom. The van der Waals surface area contributed by atoms with E-state index in [-0.39, 0.29) is 24.4 Å². The first-order valence-electron chi connectivity index (χ1n) is 5.49. The second kappa shape index (κ2) is 7.25. The molecule has 0 aromatic rings. The second-order valence-electron chi connectivity index (χ2n) is 3.83. The summed E-state index contributed by atoms with van der Waals surface area (Å²) >= 11 is 0. The van der Waals surface area contributed by atoms with E-state index in [0.29, 0.717) is 6.61 Å². The van der Waals surface area contributed by atoms with Crippen LogP contribution in [0, 0.1) is 0 Å². The molecule has 0 N–H and O–H groups in total. The Kier molecular flexibility index (Phi) is 6.32. The molecule has 1 aliphatic rings. The number of hydrogen-bond donors (Lipinski definition) is 0. The van der Waals surface area contributed by atoms with Gasteiger partial charge in [0.1, 0.15) is 24.4 Å². The largest absolute Gasteiger partial charge is 0.382 e. The fraction of sp³-hybridized carbons (Fsp3) is 1.00. The third-order valence-electron chi connectivity index (χ3n) is 2.97. The van der Waals surface area contributed by atoms with Crippen LogP contribution in [0.5, 0.6) is 0 Å². The summed E-state index contributed by atoms with van der Waals surface area (Å²) in [5.74, 6) is 0. The van der Waals surface area contributed by atoms with Gasteiger partial charge in [0.15, 0.2) is 6.29 Å². The molecule has 0 saturated carbocycles. The van der Waals surface area contributed by atoms with Crippen molar-refractivity contribution in [2.75, 3.05) is 42.2 Å². The van der Waals surface area contributed by atoms with E-state index in [1.54, 1.807) is 35.5 Å². The molecule has 0 radical (unpaired) electrons. The second-order valence-corrected chi connectivity index (χ2v) is 3.83. The van der Waals surface area contributed by atoms with Crippen molar-refractivity contribution in [1.29, 1.82) is 0 Å². The summed E-state index contributed by atoms with van der Waals surface area (Å²) in [4.78, 5) is 0. The summed E-state index contributed by atoms with van der Waals surface area (Å²) in [6, 6.07) is 0. The topological polar surface area (TPSA) is 55.4 Å². The quantitative estimate of drug-likeness (QED) is 0.664. The molecule has 17 heavy (non-hydrogen) atoms. The smallest absolute Gasteiger partial charge is 0.186 e. The summed E-state index contributed by atoms with van der Waals surface area (Å²) in [7, 11) is 8.01. The Balaban J connectivity index is 2.84. The molecular formula is C11H22O6. The summed E-state index contributed by atoms with van der Waals surface area (Å²) < 4.78 is 32.3. The highest BCUT2D eigenvalue weighted by molar-refractivity contribution is 4.92. The molecule has 5 atom stereocenters. The molecule has 0 aliphatic carbocycles. The van der Waals surface area contributed by atoms with Gasteiger partial charge in [-0.05, 0) is 0 Å². The molecule has 0 spiro atoms. The maximum Gasteiger partial charge on any atom is 0.186 e. The van der Waals surface area contributed by atoms with Gasteiger partial charge < -0.3 is 28.4 Å². The standard InChI is InChI=1S/C11H22O6/c1-12-6-7-8(13-2)9(14-3)10(15-4)11(16-5)17-7/h7-11H,6H2,1-5H3/t7-,8-,9+,10-,11-/m1/s1. The van der Waals surface area contributed by atoms with Crippen molar-refractivity contribution in [2.45, 2.75) is 30.7 Å². The normalized spacial score (nSPS) is 38.3. The third-order valence-corrected chi connectivity index (χ3v) is 2.97. The van der Waals surface area contributed by atoms with Gasteiger partial charge in [0, 0.05) is 35.5 Å². The van der Waals surface area contributed by atoms with Gasteiger partial charge in [-0.3, -0.25) is 0 Å². The Hall–Kier alpha value is -0.240. The number of rotatable bonds is 6. The van der Waals surface area contributed by atoms with E-state index < -0.39 is 6.29 Å². The molecular weight excluding hydrogens is 228 g/mol. The van der Waals surface area contributed by atoms with Gasteiger partial charge in [-0.15, -0.1) is 0 Å². The molecule has 0 unspecified atom stereocenters. The van der Waals surface area contributed by atoms with Crippen LogP contribution in [0.3, 0.4) is 0 Å². The lowest BCUT2D eigenvalue weighted by molar-refractivity contribution is -0.307. The predicted octanol–water partition coefficient (Wildman–Crippen LogP) is 0.0491. The van der Waals surface area contributed by atoms with Crippen molar-refractivity contribution in [3.63, 3.8) is 0 Å². The minimum Gasteiger partial charge on any atom is -0.382 e. The molecule has 0 aromatic carbocycles. The van der Waals surface area contributed by atoms with Crippen LogP contribution in [0.4, 0.5) is 0 Å². The molecule has 1 heterocycles. The van der Waals surface area contributed by atoms with Crippen LogP contribution in [-0.2, 0) is 28.4 Å². The van der Waals surface area contributed by atoms with Crippen LogP contribution < -0.4 is 0 Å². The van der Waals surface area contributed by atoms with E-state index in [4.69, 9.17) is 28.4 Å². The van der Waals surface area contributed by atoms with E-state index >= 15 is 0 Å². The first kappa shape index (κ1) is 14.8. The van der Waals surface area contributed by atoms with Crippen LogP contribution in [0.15, 0.2) is 0 Å². The van der Waals surface area contributed by atoms with Crippen molar-refractivity contribution in [3.8, 4) is 0 Å². The average Bonchev–Trinajstić information content (AvgIpc) is 2.37.